The van der Waals surface area contributed by atoms with E-state index in [1.165, 1.54) is 11.3 Å². The topological polar surface area (TPSA) is 96.0 Å². The molecule has 1 heterocycles. The van der Waals surface area contributed by atoms with E-state index < -0.39 is 12.0 Å². The summed E-state index contributed by atoms with van der Waals surface area (Å²) < 4.78 is 5.73. The van der Waals surface area contributed by atoms with Gasteiger partial charge in [0.05, 0.1) is 4.88 Å². The number of aryl methyl sites for hydroxylation is 1. The zero-order chi connectivity index (χ0) is 23.6. The minimum absolute atomic E-state index is 0.182. The molecular formula is C26H32N2O4S. The molecule has 176 valence electrons. The molecule has 33 heavy (non-hydrogen) atoms. The average molecular weight is 469 g/mol. The highest BCUT2D eigenvalue weighted by Gasteiger charge is 2.19. The van der Waals surface area contributed by atoms with Gasteiger partial charge in [-0.05, 0) is 62.1 Å². The fraction of sp³-hybridized carbons (Fsp3) is 0.346. The Labute approximate surface area is 199 Å². The third-order valence-corrected chi connectivity index (χ3v) is 6.79. The summed E-state index contributed by atoms with van der Waals surface area (Å²) in [4.78, 5) is 15.3. The van der Waals surface area contributed by atoms with E-state index >= 15 is 0 Å². The normalized spacial score (nSPS) is 13.1. The Kier molecular flexibility index (Phi) is 9.30. The number of aliphatic hydroxyl groups is 1. The number of carbonyl (C=O) groups excluding carboxylic acids is 1. The monoisotopic (exact) mass is 468 g/mol. The number of para-hydroxylation sites is 2. The quantitative estimate of drug-likeness (QED) is 0.354. The summed E-state index contributed by atoms with van der Waals surface area (Å²) in [5.41, 5.74) is 6.25. The molecule has 2 aromatic carbocycles. The van der Waals surface area contributed by atoms with E-state index in [4.69, 9.17) is 10.5 Å². The predicted octanol–water partition coefficient (Wildman–Crippen LogP) is 3.86. The number of amides is 1. The summed E-state index contributed by atoms with van der Waals surface area (Å²) in [6, 6.07) is 20.7. The summed E-state index contributed by atoms with van der Waals surface area (Å²) in [5, 5.41) is 20.8. The summed E-state index contributed by atoms with van der Waals surface area (Å²) >= 11 is 1.43. The van der Waals surface area contributed by atoms with E-state index in [0.717, 1.165) is 29.0 Å². The number of carbonyl (C=O) groups is 1. The molecule has 6 nitrogen and oxygen atoms in total. The number of ether oxygens (including phenoxy) is 1. The van der Waals surface area contributed by atoms with Gasteiger partial charge in [-0.25, -0.2) is 0 Å². The van der Waals surface area contributed by atoms with Gasteiger partial charge in [-0.1, -0.05) is 36.4 Å². The van der Waals surface area contributed by atoms with Crippen LogP contribution in [0.1, 0.15) is 33.5 Å². The van der Waals surface area contributed by atoms with Gasteiger partial charge in [0.2, 0.25) is 0 Å². The summed E-state index contributed by atoms with van der Waals surface area (Å²) in [5.74, 6) is 0.620. The molecule has 0 bridgehead atoms. The molecule has 0 spiro atoms. The van der Waals surface area contributed by atoms with Crippen LogP contribution >= 0.6 is 11.3 Å². The fourth-order valence-electron chi connectivity index (χ4n) is 3.69. The molecule has 1 aromatic heterocycles. The molecule has 0 fully saturated rings. The Morgan fingerprint density at radius 1 is 1.06 bits per heavy atom. The van der Waals surface area contributed by atoms with Gasteiger partial charge in [0, 0.05) is 24.0 Å². The van der Waals surface area contributed by atoms with E-state index in [2.05, 4.69) is 11.8 Å². The van der Waals surface area contributed by atoms with Crippen LogP contribution in [-0.4, -0.2) is 52.9 Å². The number of nitrogens with zero attached hydrogens (tertiary/aromatic N) is 1. The van der Waals surface area contributed by atoms with Gasteiger partial charge in [-0.2, -0.15) is 0 Å². The van der Waals surface area contributed by atoms with Crippen LogP contribution in [0, 0.1) is 0 Å². The van der Waals surface area contributed by atoms with E-state index in [0.29, 0.717) is 24.4 Å². The first kappa shape index (κ1) is 24.8. The summed E-state index contributed by atoms with van der Waals surface area (Å²) in [7, 11) is 0. The number of phenolic OH excluding ortho intramolecular Hbond substituents is 1. The van der Waals surface area contributed by atoms with Crippen molar-refractivity contribution >= 4 is 17.2 Å². The second-order valence-corrected chi connectivity index (χ2v) is 9.34. The van der Waals surface area contributed by atoms with Gasteiger partial charge in [0.15, 0.2) is 0 Å². The first-order valence-electron chi connectivity index (χ1n) is 11.2. The van der Waals surface area contributed by atoms with Crippen molar-refractivity contribution in [2.24, 2.45) is 5.73 Å². The lowest BCUT2D eigenvalue weighted by atomic mass is 10.1. The van der Waals surface area contributed by atoms with Gasteiger partial charge in [0.1, 0.15) is 24.2 Å². The zero-order valence-electron chi connectivity index (χ0n) is 18.9. The molecule has 2 atom stereocenters. The summed E-state index contributed by atoms with van der Waals surface area (Å²) in [6.45, 7) is 3.49. The first-order chi connectivity index (χ1) is 15.9. The molecule has 0 radical (unpaired) electrons. The molecule has 0 aliphatic rings. The van der Waals surface area contributed by atoms with Gasteiger partial charge >= 0.3 is 0 Å². The molecule has 0 aliphatic heterocycles. The summed E-state index contributed by atoms with van der Waals surface area (Å²) in [6.07, 6.45) is 1.71. The Bertz CT molecular complexity index is 1010. The minimum Gasteiger partial charge on any atom is -0.508 e. The van der Waals surface area contributed by atoms with Crippen LogP contribution in [0.4, 0.5) is 0 Å². The molecule has 0 aliphatic carbocycles. The number of aromatic hydroxyl groups is 1. The smallest absolute Gasteiger partial charge is 0.258 e. The number of hydrogen-bond donors (Lipinski definition) is 3. The van der Waals surface area contributed by atoms with Crippen LogP contribution in [0.25, 0.3) is 0 Å². The van der Waals surface area contributed by atoms with Crippen LogP contribution in [0.15, 0.2) is 66.7 Å². The predicted molar refractivity (Wildman–Crippen MR) is 132 cm³/mol. The van der Waals surface area contributed by atoms with E-state index in [-0.39, 0.29) is 18.4 Å². The molecule has 4 N–H and O–H groups in total. The van der Waals surface area contributed by atoms with E-state index in [9.17, 15) is 15.0 Å². The van der Waals surface area contributed by atoms with E-state index in [1.807, 2.05) is 54.6 Å². The van der Waals surface area contributed by atoms with Gasteiger partial charge in [-0.15, -0.1) is 11.3 Å². The molecule has 7 heteroatoms. The second kappa shape index (κ2) is 12.4. The SMILES string of the molecule is CC(CCc1ccc(C(N)=O)s1)N(CCc1ccccc1O)CC(O)COc1ccccc1. The largest absolute Gasteiger partial charge is 0.508 e. The molecular weight excluding hydrogens is 436 g/mol. The number of aliphatic hydroxyl groups excluding tert-OH is 1. The molecule has 2 unspecified atom stereocenters. The number of benzene rings is 2. The number of hydrogen-bond acceptors (Lipinski definition) is 6. The van der Waals surface area contributed by atoms with Crippen LogP contribution in [0.5, 0.6) is 11.5 Å². The molecule has 3 aromatic rings. The lowest BCUT2D eigenvalue weighted by molar-refractivity contribution is 0.0537. The lowest BCUT2D eigenvalue weighted by Gasteiger charge is -2.31. The van der Waals surface area contributed by atoms with Crippen molar-refractivity contribution in [1.82, 2.24) is 4.90 Å². The van der Waals surface area contributed by atoms with E-state index in [1.54, 1.807) is 12.1 Å². The lowest BCUT2D eigenvalue weighted by Crippen LogP contribution is -2.42. The number of thiophene rings is 1. The Hall–Kier alpha value is -2.87. The number of nitrogens with two attached hydrogens (primary N) is 1. The van der Waals surface area contributed by atoms with Crippen LogP contribution in [0.2, 0.25) is 0 Å². The Morgan fingerprint density at radius 3 is 2.48 bits per heavy atom. The highest BCUT2D eigenvalue weighted by Crippen LogP contribution is 2.21. The first-order valence-corrected chi connectivity index (χ1v) is 12.0. The highest BCUT2D eigenvalue weighted by molar-refractivity contribution is 7.14. The molecule has 0 saturated heterocycles. The third-order valence-electron chi connectivity index (χ3n) is 5.63. The maximum Gasteiger partial charge on any atom is 0.258 e. The fourth-order valence-corrected chi connectivity index (χ4v) is 4.56. The van der Waals surface area contributed by atoms with Crippen molar-refractivity contribution < 1.29 is 19.7 Å². The van der Waals surface area contributed by atoms with Crippen molar-refractivity contribution in [3.05, 3.63) is 82.0 Å². The standard InChI is InChI=1S/C26H32N2O4S/c1-19(11-12-23-13-14-25(33-23)26(27)31)28(16-15-20-7-5-6-10-24(20)30)17-21(29)18-32-22-8-3-2-4-9-22/h2-10,13-14,19,21,29-30H,11-12,15-18H2,1H3,(H2,27,31). The Balaban J connectivity index is 1.60. The minimum atomic E-state index is -0.653. The van der Waals surface area contributed by atoms with Gasteiger partial charge in [0.25, 0.3) is 5.91 Å². The van der Waals surface area contributed by atoms with Crippen molar-refractivity contribution in [2.45, 2.75) is 38.3 Å². The van der Waals surface area contributed by atoms with Gasteiger partial charge < -0.3 is 20.7 Å². The van der Waals surface area contributed by atoms with Crippen LogP contribution in [0.3, 0.4) is 0 Å². The maximum atomic E-state index is 11.4. The number of rotatable bonds is 13. The molecule has 1 amide bonds. The van der Waals surface area contributed by atoms with Gasteiger partial charge in [-0.3, -0.25) is 9.69 Å². The maximum absolute atomic E-state index is 11.4. The van der Waals surface area contributed by atoms with Crippen LogP contribution in [-0.2, 0) is 12.8 Å². The van der Waals surface area contributed by atoms with Crippen molar-refractivity contribution in [1.29, 1.82) is 0 Å². The van der Waals surface area contributed by atoms with Crippen molar-refractivity contribution in [3.63, 3.8) is 0 Å². The van der Waals surface area contributed by atoms with Crippen LogP contribution < -0.4 is 10.5 Å². The second-order valence-electron chi connectivity index (χ2n) is 8.17. The molecule has 0 saturated carbocycles. The molecule has 3 rings (SSSR count). The zero-order valence-corrected chi connectivity index (χ0v) is 19.7. The van der Waals surface area contributed by atoms with Crippen molar-refractivity contribution in [2.75, 3.05) is 19.7 Å². The third kappa shape index (κ3) is 7.89. The number of phenols is 1. The average Bonchev–Trinajstić information content (AvgIpc) is 3.30. The van der Waals surface area contributed by atoms with Crippen molar-refractivity contribution in [3.8, 4) is 11.5 Å². The number of primary amides is 1. The Morgan fingerprint density at radius 2 is 1.79 bits per heavy atom. The highest BCUT2D eigenvalue weighted by atomic mass is 32.1.